The lowest BCUT2D eigenvalue weighted by Gasteiger charge is -2.26. The predicted molar refractivity (Wildman–Crippen MR) is 162 cm³/mol. The van der Waals surface area contributed by atoms with Gasteiger partial charge in [-0.3, -0.25) is 4.79 Å². The van der Waals surface area contributed by atoms with Gasteiger partial charge in [0.15, 0.2) is 0 Å². The predicted octanol–water partition coefficient (Wildman–Crippen LogP) is 5.84. The zero-order valence-corrected chi connectivity index (χ0v) is 24.8. The second kappa shape index (κ2) is 13.9. The van der Waals surface area contributed by atoms with Crippen LogP contribution in [0.4, 0.5) is 5.82 Å². The van der Waals surface area contributed by atoms with E-state index in [-0.39, 0.29) is 5.91 Å². The highest BCUT2D eigenvalue weighted by Gasteiger charge is 2.22. The van der Waals surface area contributed by atoms with Crippen molar-refractivity contribution in [3.63, 3.8) is 0 Å². The summed E-state index contributed by atoms with van der Waals surface area (Å²) in [7, 11) is 7.59. The van der Waals surface area contributed by atoms with Gasteiger partial charge in [0, 0.05) is 80.3 Å². The molecule has 3 aromatic heterocycles. The number of anilines is 1. The number of amides is 1. The Hall–Kier alpha value is -3.65. The Morgan fingerprint density at radius 1 is 0.949 bits per heavy atom. The molecule has 3 rings (SSSR count). The third-order valence-corrected chi connectivity index (χ3v) is 7.17. The maximum atomic E-state index is 13.6. The third-order valence-electron chi connectivity index (χ3n) is 7.17. The number of ether oxygens (including phenoxy) is 1. The topological polar surface area (TPSA) is 77.6 Å². The average Bonchev–Trinajstić information content (AvgIpc) is 3.37. The molecule has 210 valence electrons. The smallest absolute Gasteiger partial charge is 0.257 e. The molecule has 39 heavy (non-hydrogen) atoms. The fourth-order valence-corrected chi connectivity index (χ4v) is 4.69. The molecule has 0 fully saturated rings. The van der Waals surface area contributed by atoms with E-state index in [1.165, 1.54) is 5.57 Å². The van der Waals surface area contributed by atoms with Crippen LogP contribution >= 0.6 is 0 Å². The lowest BCUT2D eigenvalue weighted by atomic mass is 9.98. The molecular weight excluding hydrogens is 488 g/mol. The fourth-order valence-electron chi connectivity index (χ4n) is 4.69. The van der Waals surface area contributed by atoms with Crippen LogP contribution in [0.2, 0.25) is 0 Å². The van der Waals surface area contributed by atoms with Gasteiger partial charge in [0.2, 0.25) is 0 Å². The first-order valence-electron chi connectivity index (χ1n) is 13.7. The normalized spacial score (nSPS) is 12.3. The molecule has 1 N–H and O–H groups in total. The Morgan fingerprint density at radius 2 is 1.64 bits per heavy atom. The average molecular weight is 533 g/mol. The first-order valence-corrected chi connectivity index (χ1v) is 13.7. The van der Waals surface area contributed by atoms with Crippen LogP contribution in [-0.4, -0.2) is 85.1 Å². The number of rotatable bonds is 13. The number of nitrogens with one attached hydrogen (secondary N) is 1. The molecule has 0 saturated carbocycles. The quantitative estimate of drug-likeness (QED) is 0.279. The molecule has 0 spiro atoms. The number of hydrogen-bond donors (Lipinski definition) is 1. The molecular formula is C31H44N6O2. The van der Waals surface area contributed by atoms with E-state index in [1.807, 2.05) is 58.8 Å². The van der Waals surface area contributed by atoms with E-state index in [0.717, 1.165) is 71.8 Å². The fraction of sp³-hybridized carbons (Fsp3) is 0.452. The molecule has 3 heterocycles. The molecule has 1 amide bonds. The molecule has 0 aliphatic rings. The number of pyridine rings is 2. The van der Waals surface area contributed by atoms with E-state index >= 15 is 0 Å². The number of allylic oxidation sites excluding steroid dienone is 4. The summed E-state index contributed by atoms with van der Waals surface area (Å²) in [6, 6.07) is 4.11. The van der Waals surface area contributed by atoms with Gasteiger partial charge in [-0.2, -0.15) is 0 Å². The number of aromatic amines is 1. The van der Waals surface area contributed by atoms with Crippen molar-refractivity contribution in [3.8, 4) is 11.1 Å². The molecule has 8 nitrogen and oxygen atoms in total. The largest absolute Gasteiger partial charge is 0.501 e. The number of likely N-dealkylation sites (N-methyl/N-ethyl adjacent to an activating group) is 2. The van der Waals surface area contributed by atoms with Crippen molar-refractivity contribution in [2.24, 2.45) is 0 Å². The van der Waals surface area contributed by atoms with E-state index in [9.17, 15) is 4.79 Å². The standard InChI is InChI=1S/C31H44N6O2/c1-9-22(13-14-25(10-2)39-8)28-21-33-29-26(28)17-23(19-32-29)24-18-27(30(34-20-24)37(11-3)12-4)31(38)36(7)16-15-35(5)6/h9-10,17-21H,11-16H2,1-8H3,(H,32,33)/b22-9+,25-10+. The minimum atomic E-state index is -0.0291. The first-order chi connectivity index (χ1) is 18.8. The van der Waals surface area contributed by atoms with Crippen LogP contribution in [0.15, 0.2) is 48.6 Å². The SMILES string of the molecule is C/C=C(\CC/C(=C\C)c1c[nH]c2ncc(-c3cnc(N(CC)CC)c(C(=O)N(C)CCN(C)C)c3)cc12)OC. The minimum absolute atomic E-state index is 0.0291. The van der Waals surface area contributed by atoms with Gasteiger partial charge < -0.3 is 24.4 Å². The van der Waals surface area contributed by atoms with Gasteiger partial charge in [-0.1, -0.05) is 6.08 Å². The van der Waals surface area contributed by atoms with Crippen LogP contribution in [0.3, 0.4) is 0 Å². The Balaban J connectivity index is 2.03. The van der Waals surface area contributed by atoms with Gasteiger partial charge >= 0.3 is 0 Å². The minimum Gasteiger partial charge on any atom is -0.501 e. The molecule has 0 unspecified atom stereocenters. The lowest BCUT2D eigenvalue weighted by molar-refractivity contribution is 0.0786. The van der Waals surface area contributed by atoms with Crippen LogP contribution in [0.1, 0.15) is 56.5 Å². The zero-order valence-electron chi connectivity index (χ0n) is 24.8. The van der Waals surface area contributed by atoms with Crippen molar-refractivity contribution >= 4 is 28.3 Å². The maximum absolute atomic E-state index is 13.6. The van der Waals surface area contributed by atoms with Crippen LogP contribution in [-0.2, 0) is 4.74 Å². The van der Waals surface area contributed by atoms with Crippen molar-refractivity contribution in [2.75, 3.05) is 59.3 Å². The van der Waals surface area contributed by atoms with Crippen molar-refractivity contribution < 1.29 is 9.53 Å². The zero-order chi connectivity index (χ0) is 28.5. The molecule has 0 aromatic carbocycles. The summed E-state index contributed by atoms with van der Waals surface area (Å²) in [5, 5.41) is 1.05. The van der Waals surface area contributed by atoms with Crippen molar-refractivity contribution in [3.05, 3.63) is 59.8 Å². The number of carbonyl (C=O) groups is 1. The number of H-pyrrole nitrogens is 1. The molecule has 8 heteroatoms. The van der Waals surface area contributed by atoms with Gasteiger partial charge in [-0.25, -0.2) is 9.97 Å². The molecule has 0 aliphatic heterocycles. The van der Waals surface area contributed by atoms with Gasteiger partial charge in [0.25, 0.3) is 5.91 Å². The van der Waals surface area contributed by atoms with Crippen molar-refractivity contribution in [1.29, 1.82) is 0 Å². The summed E-state index contributed by atoms with van der Waals surface area (Å²) in [5.74, 6) is 1.66. The Bertz CT molecular complexity index is 1320. The number of fused-ring (bicyclic) bond motifs is 1. The van der Waals surface area contributed by atoms with E-state index in [2.05, 4.69) is 47.7 Å². The Morgan fingerprint density at radius 3 is 2.26 bits per heavy atom. The molecule has 0 atom stereocenters. The van der Waals surface area contributed by atoms with Gasteiger partial charge in [0.05, 0.1) is 18.4 Å². The summed E-state index contributed by atoms with van der Waals surface area (Å²) >= 11 is 0. The summed E-state index contributed by atoms with van der Waals surface area (Å²) in [6.45, 7) is 11.2. The van der Waals surface area contributed by atoms with Gasteiger partial charge in [-0.05, 0) is 72.0 Å². The number of nitrogens with zero attached hydrogens (tertiary/aromatic N) is 5. The molecule has 0 radical (unpaired) electrons. The van der Waals surface area contributed by atoms with Crippen LogP contribution in [0.25, 0.3) is 27.7 Å². The second-order valence-electron chi connectivity index (χ2n) is 9.89. The van der Waals surface area contributed by atoms with Crippen LogP contribution < -0.4 is 4.90 Å². The first kappa shape index (κ1) is 29.9. The summed E-state index contributed by atoms with van der Waals surface area (Å²) in [4.78, 5) is 32.4. The second-order valence-corrected chi connectivity index (χ2v) is 9.89. The summed E-state index contributed by atoms with van der Waals surface area (Å²) < 4.78 is 5.46. The van der Waals surface area contributed by atoms with E-state index in [4.69, 9.17) is 14.7 Å². The third kappa shape index (κ3) is 7.06. The highest BCUT2D eigenvalue weighted by molar-refractivity contribution is 6.00. The number of hydrogen-bond acceptors (Lipinski definition) is 6. The van der Waals surface area contributed by atoms with Crippen molar-refractivity contribution in [2.45, 2.75) is 40.5 Å². The van der Waals surface area contributed by atoms with Crippen LogP contribution in [0, 0.1) is 0 Å². The molecule has 3 aromatic rings. The lowest BCUT2D eigenvalue weighted by Crippen LogP contribution is -2.35. The number of methoxy groups -OCH3 is 1. The molecule has 0 bridgehead atoms. The molecule has 0 aliphatic carbocycles. The van der Waals surface area contributed by atoms with E-state index in [0.29, 0.717) is 12.1 Å². The molecule has 0 saturated heterocycles. The summed E-state index contributed by atoms with van der Waals surface area (Å²) in [5.41, 5.74) is 5.59. The van der Waals surface area contributed by atoms with Crippen LogP contribution in [0.5, 0.6) is 0 Å². The number of aromatic nitrogens is 3. The highest BCUT2D eigenvalue weighted by atomic mass is 16.5. The van der Waals surface area contributed by atoms with Gasteiger partial charge in [0.1, 0.15) is 11.5 Å². The summed E-state index contributed by atoms with van der Waals surface area (Å²) in [6.07, 6.45) is 11.6. The monoisotopic (exact) mass is 532 g/mol. The number of carbonyl (C=O) groups excluding carboxylic acids is 1. The Labute approximate surface area is 233 Å². The maximum Gasteiger partial charge on any atom is 0.257 e. The highest BCUT2D eigenvalue weighted by Crippen LogP contribution is 2.32. The Kier molecular flexibility index (Phi) is 10.7. The van der Waals surface area contributed by atoms with Gasteiger partial charge in [-0.15, -0.1) is 0 Å². The van der Waals surface area contributed by atoms with E-state index in [1.54, 1.807) is 12.0 Å². The van der Waals surface area contributed by atoms with Crippen molar-refractivity contribution in [1.82, 2.24) is 24.8 Å². The van der Waals surface area contributed by atoms with E-state index < -0.39 is 0 Å².